The fraction of sp³-hybridized carbons (Fsp3) is 0.111. The first-order valence-electron chi connectivity index (χ1n) is 7.25. The Labute approximate surface area is 139 Å². The zero-order chi connectivity index (χ0) is 16.2. The van der Waals surface area contributed by atoms with Crippen LogP contribution in [-0.4, -0.2) is 28.1 Å². The minimum Gasteiger partial charge on any atom is -0.303 e. The van der Waals surface area contributed by atoms with Gasteiger partial charge in [-0.3, -0.25) is 9.20 Å². The summed E-state index contributed by atoms with van der Waals surface area (Å²) >= 11 is 1.52. The third-order valence-corrected chi connectivity index (χ3v) is 4.18. The van der Waals surface area contributed by atoms with Gasteiger partial charge in [-0.25, -0.2) is 4.98 Å². The number of carbonyl (C=O) groups is 1. The van der Waals surface area contributed by atoms with Gasteiger partial charge in [0.2, 0.25) is 0 Å². The number of benzene rings is 1. The number of hydrogen-bond donors (Lipinski definition) is 0. The molecule has 2 heterocycles. The topological polar surface area (TPSA) is 37.6 Å². The summed E-state index contributed by atoms with van der Waals surface area (Å²) in [4.78, 5) is 19.3. The first-order chi connectivity index (χ1) is 11.3. The highest BCUT2D eigenvalue weighted by molar-refractivity contribution is 7.98. The average molecular weight is 323 g/mol. The maximum absolute atomic E-state index is 13.1. The van der Waals surface area contributed by atoms with E-state index in [0.29, 0.717) is 12.2 Å². The third kappa shape index (κ3) is 2.87. The van der Waals surface area contributed by atoms with E-state index in [0.717, 1.165) is 16.4 Å². The van der Waals surface area contributed by atoms with Gasteiger partial charge in [-0.15, -0.1) is 6.58 Å². The minimum absolute atomic E-state index is 0.125. The van der Waals surface area contributed by atoms with Crippen LogP contribution < -0.4 is 4.90 Å². The molecule has 0 aliphatic carbocycles. The quantitative estimate of drug-likeness (QED) is 0.528. The smallest absolute Gasteiger partial charge is 0.279 e. The second kappa shape index (κ2) is 6.71. The van der Waals surface area contributed by atoms with Gasteiger partial charge in [0.15, 0.2) is 10.9 Å². The van der Waals surface area contributed by atoms with Gasteiger partial charge in [-0.05, 0) is 30.5 Å². The first-order valence-corrected chi connectivity index (χ1v) is 8.47. The zero-order valence-corrected chi connectivity index (χ0v) is 13.7. The lowest BCUT2D eigenvalue weighted by Crippen LogP contribution is -2.31. The molecule has 0 aliphatic heterocycles. The van der Waals surface area contributed by atoms with Crippen LogP contribution in [0.5, 0.6) is 0 Å². The molecule has 116 valence electrons. The fourth-order valence-electron chi connectivity index (χ4n) is 2.48. The summed E-state index contributed by atoms with van der Waals surface area (Å²) < 4.78 is 1.94. The number of para-hydroxylation sites is 1. The summed E-state index contributed by atoms with van der Waals surface area (Å²) in [5.41, 5.74) is 2.10. The summed E-state index contributed by atoms with van der Waals surface area (Å²) in [5.74, 6) is -0.125. The van der Waals surface area contributed by atoms with Crippen molar-refractivity contribution in [2.24, 2.45) is 0 Å². The van der Waals surface area contributed by atoms with E-state index >= 15 is 0 Å². The van der Waals surface area contributed by atoms with Crippen LogP contribution in [0.25, 0.3) is 5.52 Å². The second-order valence-corrected chi connectivity index (χ2v) is 5.72. The highest BCUT2D eigenvalue weighted by Crippen LogP contribution is 2.23. The molecule has 3 rings (SSSR count). The predicted molar refractivity (Wildman–Crippen MR) is 95.3 cm³/mol. The van der Waals surface area contributed by atoms with Gasteiger partial charge in [0, 0.05) is 18.4 Å². The molecule has 1 amide bonds. The van der Waals surface area contributed by atoms with E-state index in [4.69, 9.17) is 0 Å². The zero-order valence-electron chi connectivity index (χ0n) is 12.8. The lowest BCUT2D eigenvalue weighted by Gasteiger charge is -2.20. The number of thioether (sulfide) groups is 1. The molecule has 3 aromatic rings. The average Bonchev–Trinajstić information content (AvgIpc) is 2.99. The molecule has 23 heavy (non-hydrogen) atoms. The number of aromatic nitrogens is 2. The van der Waals surface area contributed by atoms with Crippen molar-refractivity contribution in [3.63, 3.8) is 0 Å². The Morgan fingerprint density at radius 1 is 1.26 bits per heavy atom. The van der Waals surface area contributed by atoms with E-state index in [1.54, 1.807) is 11.0 Å². The standard InChI is InChI=1S/C18H17N3OS/c1-3-12-20(14-9-5-4-6-10-14)17(22)16-15-11-7-8-13-21(15)18(19-16)23-2/h3-11,13H,1,12H2,2H3. The Morgan fingerprint density at radius 2 is 2.00 bits per heavy atom. The molecule has 0 bridgehead atoms. The molecule has 1 aromatic carbocycles. The van der Waals surface area contributed by atoms with Gasteiger partial charge in [0.05, 0.1) is 5.52 Å². The Balaban J connectivity index is 2.09. The summed E-state index contributed by atoms with van der Waals surface area (Å²) in [7, 11) is 0. The maximum Gasteiger partial charge on any atom is 0.279 e. The van der Waals surface area contributed by atoms with E-state index in [1.165, 1.54) is 11.8 Å². The second-order valence-electron chi connectivity index (χ2n) is 4.94. The van der Waals surface area contributed by atoms with Crippen molar-refractivity contribution in [2.45, 2.75) is 5.16 Å². The number of nitrogens with zero attached hydrogens (tertiary/aromatic N) is 3. The normalized spacial score (nSPS) is 10.7. The SMILES string of the molecule is C=CCN(C(=O)c1nc(SC)n2ccccc12)c1ccccc1. The van der Waals surface area contributed by atoms with Crippen molar-refractivity contribution < 1.29 is 4.79 Å². The molecule has 0 saturated carbocycles. The number of hydrogen-bond acceptors (Lipinski definition) is 3. The van der Waals surface area contributed by atoms with Crippen molar-refractivity contribution in [2.75, 3.05) is 17.7 Å². The molecule has 0 radical (unpaired) electrons. The van der Waals surface area contributed by atoms with E-state index in [1.807, 2.05) is 65.4 Å². The highest BCUT2D eigenvalue weighted by Gasteiger charge is 2.23. The van der Waals surface area contributed by atoms with E-state index in [9.17, 15) is 4.79 Å². The van der Waals surface area contributed by atoms with Crippen LogP contribution in [0, 0.1) is 0 Å². The van der Waals surface area contributed by atoms with E-state index in [-0.39, 0.29) is 5.91 Å². The van der Waals surface area contributed by atoms with Crippen LogP contribution in [0.4, 0.5) is 5.69 Å². The van der Waals surface area contributed by atoms with Crippen LogP contribution >= 0.6 is 11.8 Å². The van der Waals surface area contributed by atoms with Crippen LogP contribution in [-0.2, 0) is 0 Å². The molecule has 4 nitrogen and oxygen atoms in total. The van der Waals surface area contributed by atoms with Crippen LogP contribution in [0.15, 0.2) is 72.5 Å². The molecule has 0 saturated heterocycles. The number of rotatable bonds is 5. The van der Waals surface area contributed by atoms with Crippen molar-refractivity contribution in [3.8, 4) is 0 Å². The largest absolute Gasteiger partial charge is 0.303 e. The van der Waals surface area contributed by atoms with Crippen LogP contribution in [0.3, 0.4) is 0 Å². The molecule has 2 aromatic heterocycles. The predicted octanol–water partition coefficient (Wildman–Crippen LogP) is 3.89. The van der Waals surface area contributed by atoms with Gasteiger partial charge >= 0.3 is 0 Å². The molecule has 0 unspecified atom stereocenters. The summed E-state index contributed by atoms with van der Waals surface area (Å²) in [6, 6.07) is 15.3. The maximum atomic E-state index is 13.1. The van der Waals surface area contributed by atoms with Crippen molar-refractivity contribution in [1.82, 2.24) is 9.38 Å². The number of imidazole rings is 1. The minimum atomic E-state index is -0.125. The number of amides is 1. The van der Waals surface area contributed by atoms with Gasteiger partial charge in [-0.2, -0.15) is 0 Å². The Morgan fingerprint density at radius 3 is 2.70 bits per heavy atom. The van der Waals surface area contributed by atoms with Gasteiger partial charge in [-0.1, -0.05) is 42.1 Å². The van der Waals surface area contributed by atoms with Gasteiger partial charge in [0.1, 0.15) is 0 Å². The van der Waals surface area contributed by atoms with Gasteiger partial charge in [0.25, 0.3) is 5.91 Å². The molecule has 0 spiro atoms. The molecule has 0 aliphatic rings. The molecule has 0 fully saturated rings. The number of carbonyl (C=O) groups excluding carboxylic acids is 1. The third-order valence-electron chi connectivity index (χ3n) is 3.53. The Bertz CT molecular complexity index is 842. The lowest BCUT2D eigenvalue weighted by molar-refractivity contribution is 0.0986. The fourth-order valence-corrected chi connectivity index (χ4v) is 3.02. The van der Waals surface area contributed by atoms with E-state index < -0.39 is 0 Å². The number of fused-ring (bicyclic) bond motifs is 1. The summed E-state index contributed by atoms with van der Waals surface area (Å²) in [6.45, 7) is 4.20. The van der Waals surface area contributed by atoms with E-state index in [2.05, 4.69) is 11.6 Å². The Hall–Kier alpha value is -2.53. The molecular weight excluding hydrogens is 306 g/mol. The monoisotopic (exact) mass is 323 g/mol. The van der Waals surface area contributed by atoms with Crippen molar-refractivity contribution in [3.05, 3.63) is 73.1 Å². The number of pyridine rings is 1. The first kappa shape index (κ1) is 15.4. The number of anilines is 1. The molecule has 5 heteroatoms. The molecule has 0 N–H and O–H groups in total. The summed E-state index contributed by atoms with van der Waals surface area (Å²) in [5, 5.41) is 0.801. The summed E-state index contributed by atoms with van der Waals surface area (Å²) in [6.07, 6.45) is 5.60. The highest BCUT2D eigenvalue weighted by atomic mass is 32.2. The lowest BCUT2D eigenvalue weighted by atomic mass is 10.2. The van der Waals surface area contributed by atoms with Crippen molar-refractivity contribution >= 4 is 28.9 Å². The molecule has 0 atom stereocenters. The Kier molecular flexibility index (Phi) is 4.48. The van der Waals surface area contributed by atoms with Crippen molar-refractivity contribution in [1.29, 1.82) is 0 Å². The van der Waals surface area contributed by atoms with Crippen LogP contribution in [0.2, 0.25) is 0 Å². The molecular formula is C18H17N3OS. The van der Waals surface area contributed by atoms with Crippen LogP contribution in [0.1, 0.15) is 10.5 Å². The van der Waals surface area contributed by atoms with Gasteiger partial charge < -0.3 is 4.90 Å².